The van der Waals surface area contributed by atoms with Gasteiger partial charge in [-0.3, -0.25) is 14.9 Å². The third kappa shape index (κ3) is 2.98. The van der Waals surface area contributed by atoms with E-state index in [-0.39, 0.29) is 17.6 Å². The molecule has 0 saturated carbocycles. The number of nitrogens with one attached hydrogen (secondary N) is 2. The average Bonchev–Trinajstić information content (AvgIpc) is 2.71. The van der Waals surface area contributed by atoms with E-state index >= 15 is 0 Å². The third-order valence-electron chi connectivity index (χ3n) is 3.28. The maximum absolute atomic E-state index is 11.9. The van der Waals surface area contributed by atoms with Crippen LogP contribution in [0.4, 0.5) is 17.1 Å². The van der Waals surface area contributed by atoms with Gasteiger partial charge < -0.3 is 15.5 Å². The SMILES string of the molecule is CCNc1cc(NC2CCN(C)C2=O)cc([N+](=O)[O-])c1. The van der Waals surface area contributed by atoms with E-state index in [2.05, 4.69) is 10.6 Å². The third-order valence-corrected chi connectivity index (χ3v) is 3.28. The van der Waals surface area contributed by atoms with Gasteiger partial charge in [0.25, 0.3) is 5.69 Å². The number of hydrogen-bond donors (Lipinski definition) is 2. The molecular weight excluding hydrogens is 260 g/mol. The Kier molecular flexibility index (Phi) is 4.07. The first kappa shape index (κ1) is 14.1. The van der Waals surface area contributed by atoms with Crippen LogP contribution >= 0.6 is 0 Å². The lowest BCUT2D eigenvalue weighted by molar-refractivity contribution is -0.384. The number of likely N-dealkylation sites (N-methyl/N-ethyl adjacent to an activating group) is 1. The van der Waals surface area contributed by atoms with E-state index in [1.165, 1.54) is 12.1 Å². The van der Waals surface area contributed by atoms with Crippen LogP contribution in [0.3, 0.4) is 0 Å². The molecule has 7 nitrogen and oxygen atoms in total. The van der Waals surface area contributed by atoms with Gasteiger partial charge in [-0.1, -0.05) is 0 Å². The smallest absolute Gasteiger partial charge is 0.273 e. The molecular formula is C13H18N4O3. The topological polar surface area (TPSA) is 87.5 Å². The number of nitro groups is 1. The quantitative estimate of drug-likeness (QED) is 0.632. The van der Waals surface area contributed by atoms with Crippen LogP contribution in [0.2, 0.25) is 0 Å². The van der Waals surface area contributed by atoms with Crippen molar-refractivity contribution in [1.82, 2.24) is 4.90 Å². The highest BCUT2D eigenvalue weighted by molar-refractivity contribution is 5.86. The summed E-state index contributed by atoms with van der Waals surface area (Å²) in [4.78, 5) is 24.0. The van der Waals surface area contributed by atoms with E-state index in [0.717, 1.165) is 0 Å². The van der Waals surface area contributed by atoms with Crippen LogP contribution in [-0.2, 0) is 4.79 Å². The second-order valence-corrected chi connectivity index (χ2v) is 4.80. The summed E-state index contributed by atoms with van der Waals surface area (Å²) in [6.45, 7) is 3.29. The summed E-state index contributed by atoms with van der Waals surface area (Å²) in [6, 6.07) is 4.41. The van der Waals surface area contributed by atoms with Crippen LogP contribution in [0.25, 0.3) is 0 Å². The van der Waals surface area contributed by atoms with Crippen molar-refractivity contribution in [2.24, 2.45) is 0 Å². The van der Waals surface area contributed by atoms with E-state index in [0.29, 0.717) is 30.9 Å². The lowest BCUT2D eigenvalue weighted by Gasteiger charge is -2.14. The van der Waals surface area contributed by atoms with Gasteiger partial charge in [0, 0.05) is 43.6 Å². The molecule has 108 valence electrons. The van der Waals surface area contributed by atoms with Gasteiger partial charge in [0.05, 0.1) is 4.92 Å². The van der Waals surface area contributed by atoms with Crippen molar-refractivity contribution in [3.63, 3.8) is 0 Å². The molecule has 1 aromatic rings. The Morgan fingerprint density at radius 3 is 2.65 bits per heavy atom. The number of hydrogen-bond acceptors (Lipinski definition) is 5. The van der Waals surface area contributed by atoms with Gasteiger partial charge in [-0.25, -0.2) is 0 Å². The molecule has 0 aromatic heterocycles. The van der Waals surface area contributed by atoms with Crippen molar-refractivity contribution in [2.75, 3.05) is 30.8 Å². The Morgan fingerprint density at radius 2 is 2.10 bits per heavy atom. The van der Waals surface area contributed by atoms with Crippen molar-refractivity contribution in [3.8, 4) is 0 Å². The van der Waals surface area contributed by atoms with E-state index < -0.39 is 4.92 Å². The van der Waals surface area contributed by atoms with Gasteiger partial charge >= 0.3 is 0 Å². The highest BCUT2D eigenvalue weighted by Crippen LogP contribution is 2.26. The van der Waals surface area contributed by atoms with Crippen molar-refractivity contribution in [1.29, 1.82) is 0 Å². The molecule has 0 bridgehead atoms. The summed E-state index contributed by atoms with van der Waals surface area (Å²) in [6.07, 6.45) is 0.703. The molecule has 1 unspecified atom stereocenters. The summed E-state index contributed by atoms with van der Waals surface area (Å²) < 4.78 is 0. The Bertz CT molecular complexity index is 532. The molecule has 1 heterocycles. The Labute approximate surface area is 117 Å². The van der Waals surface area contributed by atoms with E-state index in [1.807, 2.05) is 6.92 Å². The van der Waals surface area contributed by atoms with E-state index in [9.17, 15) is 14.9 Å². The number of nitro benzene ring substituents is 1. The monoisotopic (exact) mass is 278 g/mol. The van der Waals surface area contributed by atoms with Crippen LogP contribution in [0.5, 0.6) is 0 Å². The second-order valence-electron chi connectivity index (χ2n) is 4.80. The number of carbonyl (C=O) groups excluding carboxylic acids is 1. The average molecular weight is 278 g/mol. The molecule has 1 amide bonds. The molecule has 1 atom stereocenters. The first-order valence-corrected chi connectivity index (χ1v) is 6.56. The minimum atomic E-state index is -0.436. The molecule has 2 N–H and O–H groups in total. The lowest BCUT2D eigenvalue weighted by atomic mass is 10.2. The van der Waals surface area contributed by atoms with Gasteiger partial charge in [-0.05, 0) is 19.4 Å². The predicted molar refractivity (Wildman–Crippen MR) is 76.9 cm³/mol. The molecule has 1 aliphatic rings. The first-order valence-electron chi connectivity index (χ1n) is 6.56. The number of anilines is 2. The highest BCUT2D eigenvalue weighted by Gasteiger charge is 2.29. The minimum absolute atomic E-state index is 0.00440. The molecule has 1 saturated heterocycles. The fourth-order valence-electron chi connectivity index (χ4n) is 2.26. The second kappa shape index (κ2) is 5.77. The van der Waals surface area contributed by atoms with Crippen molar-refractivity contribution >= 4 is 23.0 Å². The molecule has 7 heteroatoms. The normalized spacial score (nSPS) is 18.2. The van der Waals surface area contributed by atoms with Gasteiger partial charge in [-0.15, -0.1) is 0 Å². The zero-order chi connectivity index (χ0) is 14.7. The predicted octanol–water partition coefficient (Wildman–Crippen LogP) is 1.67. The molecule has 1 aliphatic heterocycles. The molecule has 2 rings (SSSR count). The Morgan fingerprint density at radius 1 is 1.40 bits per heavy atom. The van der Waals surface area contributed by atoms with Crippen LogP contribution in [-0.4, -0.2) is 41.9 Å². The van der Waals surface area contributed by atoms with Crippen LogP contribution in [0.1, 0.15) is 13.3 Å². The highest BCUT2D eigenvalue weighted by atomic mass is 16.6. The standard InChI is InChI=1S/C13H18N4O3/c1-3-14-9-6-10(8-11(7-9)17(19)20)15-12-4-5-16(2)13(12)18/h6-8,12,14-15H,3-5H2,1-2H3. The van der Waals surface area contributed by atoms with E-state index in [1.54, 1.807) is 18.0 Å². The summed E-state index contributed by atoms with van der Waals surface area (Å²) in [7, 11) is 1.75. The molecule has 0 radical (unpaired) electrons. The largest absolute Gasteiger partial charge is 0.385 e. The van der Waals surface area contributed by atoms with Crippen molar-refractivity contribution in [3.05, 3.63) is 28.3 Å². The molecule has 0 spiro atoms. The van der Waals surface area contributed by atoms with Gasteiger partial charge in [0.2, 0.25) is 5.91 Å². The zero-order valence-corrected chi connectivity index (χ0v) is 11.5. The van der Waals surface area contributed by atoms with Crippen molar-refractivity contribution in [2.45, 2.75) is 19.4 Å². The van der Waals surface area contributed by atoms with Gasteiger partial charge in [-0.2, -0.15) is 0 Å². The molecule has 0 aliphatic carbocycles. The fourth-order valence-corrected chi connectivity index (χ4v) is 2.26. The van der Waals surface area contributed by atoms with Crippen molar-refractivity contribution < 1.29 is 9.72 Å². The summed E-state index contributed by atoms with van der Waals surface area (Å²) in [5, 5.41) is 17.1. The summed E-state index contributed by atoms with van der Waals surface area (Å²) in [5.74, 6) is 0.0153. The number of likely N-dealkylation sites (tertiary alicyclic amines) is 1. The van der Waals surface area contributed by atoms with Crippen LogP contribution in [0.15, 0.2) is 18.2 Å². The summed E-state index contributed by atoms with van der Waals surface area (Å²) in [5.41, 5.74) is 1.26. The van der Waals surface area contributed by atoms with E-state index in [4.69, 9.17) is 0 Å². The minimum Gasteiger partial charge on any atom is -0.385 e. The number of nitrogens with zero attached hydrogens (tertiary/aromatic N) is 2. The maximum atomic E-state index is 11.9. The molecule has 1 aromatic carbocycles. The maximum Gasteiger partial charge on any atom is 0.273 e. The number of non-ortho nitro benzene ring substituents is 1. The number of carbonyl (C=O) groups is 1. The first-order chi connectivity index (χ1) is 9.51. The summed E-state index contributed by atoms with van der Waals surface area (Å²) >= 11 is 0. The molecule has 1 fully saturated rings. The lowest BCUT2D eigenvalue weighted by Crippen LogP contribution is -2.30. The fraction of sp³-hybridized carbons (Fsp3) is 0.462. The molecule has 20 heavy (non-hydrogen) atoms. The van der Waals surface area contributed by atoms with Gasteiger partial charge in [0.15, 0.2) is 0 Å². The van der Waals surface area contributed by atoms with Gasteiger partial charge in [0.1, 0.15) is 6.04 Å². The Balaban J connectivity index is 2.22. The van der Waals surface area contributed by atoms with Crippen LogP contribution in [0, 0.1) is 10.1 Å². The Hall–Kier alpha value is -2.31. The number of benzene rings is 1. The zero-order valence-electron chi connectivity index (χ0n) is 11.5. The van der Waals surface area contributed by atoms with Crippen LogP contribution < -0.4 is 10.6 Å². The number of amides is 1. The number of rotatable bonds is 5.